The van der Waals surface area contributed by atoms with Crippen molar-refractivity contribution in [3.05, 3.63) is 58.6 Å². The first-order valence-corrected chi connectivity index (χ1v) is 10.2. The minimum Gasteiger partial charge on any atom is -0.334 e. The van der Waals surface area contributed by atoms with Crippen LogP contribution in [0.2, 0.25) is 5.02 Å². The van der Waals surface area contributed by atoms with E-state index in [1.54, 1.807) is 24.3 Å². The number of hydrogen-bond donors (Lipinski definition) is 1. The van der Waals surface area contributed by atoms with Crippen molar-refractivity contribution >= 4 is 35.1 Å². The summed E-state index contributed by atoms with van der Waals surface area (Å²) in [6, 6.07) is 8.96. The number of halogens is 5. The Bertz CT molecular complexity index is 1120. The van der Waals surface area contributed by atoms with Gasteiger partial charge in [-0.05, 0) is 29.8 Å². The van der Waals surface area contributed by atoms with Gasteiger partial charge in [0.15, 0.2) is 5.82 Å². The van der Waals surface area contributed by atoms with E-state index in [2.05, 4.69) is 15.5 Å². The second-order valence-electron chi connectivity index (χ2n) is 6.59. The predicted octanol–water partition coefficient (Wildman–Crippen LogP) is 5.41. The number of aromatic nitrogens is 2. The van der Waals surface area contributed by atoms with Crippen LogP contribution in [-0.2, 0) is 13.0 Å². The van der Waals surface area contributed by atoms with Crippen LogP contribution in [0, 0.1) is 5.82 Å². The van der Waals surface area contributed by atoms with Crippen molar-refractivity contribution < 1.29 is 26.9 Å². The Kier molecular flexibility index (Phi) is 5.80. The molecule has 0 saturated heterocycles. The van der Waals surface area contributed by atoms with Crippen LogP contribution in [0.15, 0.2) is 45.8 Å². The molecule has 2 aromatic carbocycles. The van der Waals surface area contributed by atoms with Crippen molar-refractivity contribution in [1.29, 1.82) is 0 Å². The average Bonchev–Trinajstić information content (AvgIpc) is 3.08. The predicted molar refractivity (Wildman–Crippen MR) is 106 cm³/mol. The van der Waals surface area contributed by atoms with Crippen molar-refractivity contribution in [2.45, 2.75) is 24.0 Å². The summed E-state index contributed by atoms with van der Waals surface area (Å²) >= 11 is 7.12. The van der Waals surface area contributed by atoms with Crippen LogP contribution in [0.1, 0.15) is 11.4 Å². The molecule has 1 aliphatic heterocycles. The van der Waals surface area contributed by atoms with Crippen LogP contribution in [0.5, 0.6) is 0 Å². The highest BCUT2D eigenvalue weighted by atomic mass is 35.5. The van der Waals surface area contributed by atoms with E-state index in [0.29, 0.717) is 15.6 Å². The standard InChI is InChI=1S/C19H13ClF4N4O2S/c20-11-3-1-10(2-4-11)8-28-14-5-12(13(21)6-15(14)31-9-25-18(28)29)17-26-16(27-30-17)7-19(22,23)24/h1-6H,7-9H2,(H,25,29). The van der Waals surface area contributed by atoms with Crippen LogP contribution in [0.25, 0.3) is 11.5 Å². The van der Waals surface area contributed by atoms with Crippen LogP contribution in [-0.4, -0.2) is 28.2 Å². The normalized spacial score (nSPS) is 14.2. The molecule has 12 heteroatoms. The number of benzene rings is 2. The van der Waals surface area contributed by atoms with Gasteiger partial charge in [-0.2, -0.15) is 18.2 Å². The lowest BCUT2D eigenvalue weighted by molar-refractivity contribution is -0.128. The zero-order valence-corrected chi connectivity index (χ0v) is 17.1. The third-order valence-electron chi connectivity index (χ3n) is 4.35. The molecule has 0 radical (unpaired) electrons. The average molecular weight is 473 g/mol. The van der Waals surface area contributed by atoms with Gasteiger partial charge in [0.2, 0.25) is 0 Å². The van der Waals surface area contributed by atoms with Gasteiger partial charge in [-0.25, -0.2) is 9.18 Å². The number of thioether (sulfide) groups is 1. The summed E-state index contributed by atoms with van der Waals surface area (Å²) < 4.78 is 57.3. The van der Waals surface area contributed by atoms with E-state index >= 15 is 0 Å². The van der Waals surface area contributed by atoms with Gasteiger partial charge in [-0.3, -0.25) is 4.90 Å². The third kappa shape index (κ3) is 4.93. The first-order valence-electron chi connectivity index (χ1n) is 8.85. The fraction of sp³-hybridized carbons (Fsp3) is 0.211. The smallest absolute Gasteiger partial charge is 0.334 e. The molecular formula is C19H13ClF4N4O2S. The Morgan fingerprint density at radius 3 is 2.68 bits per heavy atom. The van der Waals surface area contributed by atoms with Gasteiger partial charge in [0, 0.05) is 9.92 Å². The van der Waals surface area contributed by atoms with Crippen LogP contribution in [0.4, 0.5) is 28.0 Å². The van der Waals surface area contributed by atoms with Gasteiger partial charge in [-0.15, -0.1) is 11.8 Å². The highest BCUT2D eigenvalue weighted by Crippen LogP contribution is 2.38. The van der Waals surface area contributed by atoms with Crippen LogP contribution >= 0.6 is 23.4 Å². The molecule has 2 heterocycles. The number of carbonyl (C=O) groups excluding carboxylic acids is 1. The number of fused-ring (bicyclic) bond motifs is 1. The van der Waals surface area contributed by atoms with Gasteiger partial charge in [-0.1, -0.05) is 28.9 Å². The number of amides is 2. The summed E-state index contributed by atoms with van der Waals surface area (Å²) in [6.07, 6.45) is -5.93. The van der Waals surface area contributed by atoms with Crippen molar-refractivity contribution in [3.8, 4) is 11.5 Å². The number of anilines is 1. The maximum atomic E-state index is 14.7. The SMILES string of the molecule is O=C1NCSc2cc(F)c(-c3nc(CC(F)(F)F)no3)cc2N1Cc1ccc(Cl)cc1. The molecule has 0 fully saturated rings. The molecule has 6 nitrogen and oxygen atoms in total. The Balaban J connectivity index is 1.72. The molecule has 1 N–H and O–H groups in total. The molecule has 0 saturated carbocycles. The second-order valence-corrected chi connectivity index (χ2v) is 8.04. The minimum absolute atomic E-state index is 0.158. The zero-order chi connectivity index (χ0) is 22.2. The van der Waals surface area contributed by atoms with Crippen molar-refractivity contribution in [2.24, 2.45) is 0 Å². The lowest BCUT2D eigenvalue weighted by atomic mass is 10.1. The molecule has 31 heavy (non-hydrogen) atoms. The number of nitrogens with one attached hydrogen (secondary N) is 1. The molecular weight excluding hydrogens is 460 g/mol. The Morgan fingerprint density at radius 2 is 1.97 bits per heavy atom. The number of urea groups is 1. The second kappa shape index (κ2) is 8.39. The molecule has 0 bridgehead atoms. The summed E-state index contributed by atoms with van der Waals surface area (Å²) in [4.78, 5) is 18.2. The van der Waals surface area contributed by atoms with E-state index in [-0.39, 0.29) is 18.0 Å². The van der Waals surface area contributed by atoms with E-state index in [4.69, 9.17) is 16.1 Å². The van der Waals surface area contributed by atoms with Crippen molar-refractivity contribution in [3.63, 3.8) is 0 Å². The summed E-state index contributed by atoms with van der Waals surface area (Å²) in [5.41, 5.74) is 0.937. The van der Waals surface area contributed by atoms with Gasteiger partial charge in [0.1, 0.15) is 12.2 Å². The van der Waals surface area contributed by atoms with Gasteiger partial charge < -0.3 is 9.84 Å². The fourth-order valence-corrected chi connectivity index (χ4v) is 3.94. The fourth-order valence-electron chi connectivity index (χ4n) is 2.96. The summed E-state index contributed by atoms with van der Waals surface area (Å²) in [6.45, 7) is 0.158. The first kappa shape index (κ1) is 21.4. The molecule has 162 valence electrons. The Labute approximate surface area is 182 Å². The van der Waals surface area contributed by atoms with Gasteiger partial charge in [0.05, 0.1) is 23.7 Å². The maximum Gasteiger partial charge on any atom is 0.396 e. The van der Waals surface area contributed by atoms with E-state index in [0.717, 1.165) is 5.56 Å². The van der Waals surface area contributed by atoms with E-state index in [1.165, 1.54) is 28.8 Å². The zero-order valence-electron chi connectivity index (χ0n) is 15.5. The number of rotatable bonds is 4. The molecule has 0 atom stereocenters. The lowest BCUT2D eigenvalue weighted by Crippen LogP contribution is -2.38. The molecule has 0 unspecified atom stereocenters. The molecule has 4 rings (SSSR count). The van der Waals surface area contributed by atoms with Crippen LogP contribution in [0.3, 0.4) is 0 Å². The lowest BCUT2D eigenvalue weighted by Gasteiger charge is -2.23. The third-order valence-corrected chi connectivity index (χ3v) is 5.53. The van der Waals surface area contributed by atoms with E-state index in [1.807, 2.05) is 0 Å². The van der Waals surface area contributed by atoms with E-state index < -0.39 is 36.2 Å². The molecule has 3 aromatic rings. The number of nitrogens with zero attached hydrogens (tertiary/aromatic N) is 3. The number of carbonyl (C=O) groups is 1. The van der Waals surface area contributed by atoms with E-state index in [9.17, 15) is 22.4 Å². The topological polar surface area (TPSA) is 71.3 Å². The quantitative estimate of drug-likeness (QED) is 0.514. The first-order chi connectivity index (χ1) is 14.7. The number of hydrogen-bond acceptors (Lipinski definition) is 5. The van der Waals surface area contributed by atoms with Crippen LogP contribution < -0.4 is 10.2 Å². The Hall–Kier alpha value is -2.79. The summed E-state index contributed by atoms with van der Waals surface area (Å²) in [5.74, 6) is -1.55. The molecule has 0 aliphatic carbocycles. The van der Waals surface area contributed by atoms with Crippen molar-refractivity contribution in [1.82, 2.24) is 15.5 Å². The highest BCUT2D eigenvalue weighted by Gasteiger charge is 2.31. The molecule has 1 aliphatic rings. The Morgan fingerprint density at radius 1 is 1.23 bits per heavy atom. The van der Waals surface area contributed by atoms with Gasteiger partial charge >= 0.3 is 12.2 Å². The summed E-state index contributed by atoms with van der Waals surface area (Å²) in [5, 5.41) is 6.52. The molecule has 0 spiro atoms. The minimum atomic E-state index is -4.53. The monoisotopic (exact) mass is 472 g/mol. The molecule has 2 amide bonds. The van der Waals surface area contributed by atoms with Gasteiger partial charge in [0.25, 0.3) is 5.89 Å². The highest BCUT2D eigenvalue weighted by molar-refractivity contribution is 7.99. The molecule has 1 aromatic heterocycles. The maximum absolute atomic E-state index is 14.7. The number of alkyl halides is 3. The van der Waals surface area contributed by atoms with Crippen molar-refractivity contribution in [2.75, 3.05) is 10.8 Å². The largest absolute Gasteiger partial charge is 0.396 e. The summed E-state index contributed by atoms with van der Waals surface area (Å²) in [7, 11) is 0.